The zero-order chi connectivity index (χ0) is 60.6. The molecule has 0 aromatic rings. The molecule has 0 saturated heterocycles. The lowest BCUT2D eigenvalue weighted by atomic mass is 10.0. The molecule has 0 rings (SSSR count). The van der Waals surface area contributed by atoms with E-state index in [1.165, 1.54) is 360 Å². The lowest BCUT2D eigenvalue weighted by molar-refractivity contribution is -0.143. The van der Waals surface area contributed by atoms with E-state index in [2.05, 4.69) is 43.5 Å². The van der Waals surface area contributed by atoms with Crippen molar-refractivity contribution in [1.82, 2.24) is 5.32 Å². The molecule has 0 fully saturated rings. The van der Waals surface area contributed by atoms with Gasteiger partial charge in [-0.15, -0.1) is 0 Å². The van der Waals surface area contributed by atoms with Gasteiger partial charge in [0.15, 0.2) is 0 Å². The minimum atomic E-state index is -0.665. The molecule has 84 heavy (non-hydrogen) atoms. The summed E-state index contributed by atoms with van der Waals surface area (Å²) in [7, 11) is 0. The molecule has 0 aliphatic carbocycles. The summed E-state index contributed by atoms with van der Waals surface area (Å²) in [5.41, 5.74) is 0. The number of unbranched alkanes of at least 4 members (excludes halogenated alkanes) is 58. The number of carbonyl (C=O) groups is 2. The Morgan fingerprint density at radius 2 is 0.560 bits per heavy atom. The standard InChI is InChI=1S/C78H151NO5/c1-3-5-7-9-11-13-15-17-18-19-20-21-22-31-34-37-40-43-47-50-54-58-62-66-70-76(81)75(74-80)79-77(82)71-67-63-59-55-51-48-44-41-38-35-32-29-27-25-23-24-26-28-30-33-36-39-42-45-49-53-57-61-65-69-73-84-78(83)72-68-64-60-56-52-46-16-14-12-10-8-6-4-2/h14,16,24,26,75-76,80-81H,3-13,15,17-23,25,27-74H2,1-2H3,(H,79,82)/b16-14-,26-24-. The van der Waals surface area contributed by atoms with Crippen molar-refractivity contribution in [2.24, 2.45) is 0 Å². The summed E-state index contributed by atoms with van der Waals surface area (Å²) in [5.74, 6) is -0.0192. The fraction of sp³-hybridized carbons (Fsp3) is 0.923. The highest BCUT2D eigenvalue weighted by Gasteiger charge is 2.20. The topological polar surface area (TPSA) is 95.9 Å². The molecule has 0 bridgehead atoms. The number of rotatable bonds is 73. The van der Waals surface area contributed by atoms with Crippen LogP contribution < -0.4 is 5.32 Å². The first-order valence-electron chi connectivity index (χ1n) is 38.6. The number of carbonyl (C=O) groups excluding carboxylic acids is 2. The smallest absolute Gasteiger partial charge is 0.305 e. The number of aliphatic hydroxyl groups is 2. The van der Waals surface area contributed by atoms with Gasteiger partial charge in [-0.25, -0.2) is 0 Å². The quantitative estimate of drug-likeness (QED) is 0.0320. The molecular weight excluding hydrogens is 1030 g/mol. The molecule has 6 heteroatoms. The van der Waals surface area contributed by atoms with Gasteiger partial charge in [0.2, 0.25) is 5.91 Å². The Balaban J connectivity index is 3.37. The molecule has 1 amide bonds. The second kappa shape index (κ2) is 73.8. The second-order valence-electron chi connectivity index (χ2n) is 26.7. The fourth-order valence-corrected chi connectivity index (χ4v) is 12.3. The number of esters is 1. The lowest BCUT2D eigenvalue weighted by Gasteiger charge is -2.22. The van der Waals surface area contributed by atoms with E-state index in [9.17, 15) is 19.8 Å². The average Bonchev–Trinajstić information content (AvgIpc) is 3.51. The number of amides is 1. The molecule has 2 atom stereocenters. The molecule has 3 N–H and O–H groups in total. The van der Waals surface area contributed by atoms with Crippen LogP contribution in [0.25, 0.3) is 0 Å². The summed E-state index contributed by atoms with van der Waals surface area (Å²) in [5, 5.41) is 23.5. The zero-order valence-electron chi connectivity index (χ0n) is 57.2. The minimum absolute atomic E-state index is 0.00874. The summed E-state index contributed by atoms with van der Waals surface area (Å²) in [6.45, 7) is 4.98. The van der Waals surface area contributed by atoms with Crippen LogP contribution in [0.5, 0.6) is 0 Å². The molecule has 498 valence electrons. The van der Waals surface area contributed by atoms with Gasteiger partial charge < -0.3 is 20.3 Å². The second-order valence-corrected chi connectivity index (χ2v) is 26.7. The molecule has 0 aromatic carbocycles. The van der Waals surface area contributed by atoms with Crippen LogP contribution in [0.1, 0.15) is 438 Å². The number of aliphatic hydroxyl groups excluding tert-OH is 2. The lowest BCUT2D eigenvalue weighted by Crippen LogP contribution is -2.45. The molecule has 0 spiro atoms. The SMILES string of the molecule is CCCCCC/C=C\CCCCCCCC(=O)OCCCCCCCCCCCCCC/C=C\CCCCCCCCCCCCCCCCC(=O)NC(CO)C(O)CCCCCCCCCCCCCCCCCCCCCCCCCC. The molecule has 6 nitrogen and oxygen atoms in total. The van der Waals surface area contributed by atoms with E-state index in [0.29, 0.717) is 25.9 Å². The van der Waals surface area contributed by atoms with Crippen LogP contribution in [0.3, 0.4) is 0 Å². The van der Waals surface area contributed by atoms with E-state index in [1.54, 1.807) is 0 Å². The highest BCUT2D eigenvalue weighted by molar-refractivity contribution is 5.76. The van der Waals surface area contributed by atoms with Crippen LogP contribution in [-0.4, -0.2) is 47.4 Å². The van der Waals surface area contributed by atoms with Gasteiger partial charge in [0.1, 0.15) is 0 Å². The Morgan fingerprint density at radius 1 is 0.321 bits per heavy atom. The van der Waals surface area contributed by atoms with Gasteiger partial charge in [0.05, 0.1) is 25.4 Å². The van der Waals surface area contributed by atoms with E-state index in [1.807, 2.05) is 0 Å². The van der Waals surface area contributed by atoms with Gasteiger partial charge in [0, 0.05) is 12.8 Å². The van der Waals surface area contributed by atoms with Crippen molar-refractivity contribution in [3.05, 3.63) is 24.3 Å². The number of allylic oxidation sites excluding steroid dienone is 4. The minimum Gasteiger partial charge on any atom is -0.466 e. The van der Waals surface area contributed by atoms with Gasteiger partial charge >= 0.3 is 5.97 Å². The Morgan fingerprint density at radius 3 is 0.857 bits per heavy atom. The molecule has 0 radical (unpaired) electrons. The third-order valence-corrected chi connectivity index (χ3v) is 18.2. The Kier molecular flexibility index (Phi) is 72.3. The molecule has 0 aliphatic rings. The van der Waals surface area contributed by atoms with Crippen LogP contribution in [0.2, 0.25) is 0 Å². The molecule has 2 unspecified atom stereocenters. The molecule has 0 saturated carbocycles. The van der Waals surface area contributed by atoms with E-state index < -0.39 is 12.1 Å². The van der Waals surface area contributed by atoms with Gasteiger partial charge in [-0.3, -0.25) is 9.59 Å². The number of nitrogens with one attached hydrogen (secondary N) is 1. The summed E-state index contributed by atoms with van der Waals surface area (Å²) >= 11 is 0. The third-order valence-electron chi connectivity index (χ3n) is 18.2. The van der Waals surface area contributed by atoms with E-state index in [4.69, 9.17) is 4.74 Å². The van der Waals surface area contributed by atoms with Crippen molar-refractivity contribution < 1.29 is 24.5 Å². The first-order valence-corrected chi connectivity index (χ1v) is 38.6. The van der Waals surface area contributed by atoms with Crippen LogP contribution in [0, 0.1) is 0 Å². The van der Waals surface area contributed by atoms with Crippen molar-refractivity contribution in [1.29, 1.82) is 0 Å². The summed E-state index contributed by atoms with van der Waals surface area (Å²) in [6.07, 6.45) is 94.0. The van der Waals surface area contributed by atoms with Crippen molar-refractivity contribution in [2.75, 3.05) is 13.2 Å². The van der Waals surface area contributed by atoms with E-state index in [0.717, 1.165) is 44.9 Å². The van der Waals surface area contributed by atoms with Crippen molar-refractivity contribution in [2.45, 2.75) is 450 Å². The highest BCUT2D eigenvalue weighted by atomic mass is 16.5. The van der Waals surface area contributed by atoms with Crippen molar-refractivity contribution in [3.63, 3.8) is 0 Å². The Bertz CT molecular complexity index is 1320. The normalized spacial score (nSPS) is 12.6. The predicted octanol–water partition coefficient (Wildman–Crippen LogP) is 25.3. The fourth-order valence-electron chi connectivity index (χ4n) is 12.3. The Hall–Kier alpha value is -1.66. The van der Waals surface area contributed by atoms with Gasteiger partial charge in [-0.2, -0.15) is 0 Å². The van der Waals surface area contributed by atoms with E-state index in [-0.39, 0.29) is 18.5 Å². The highest BCUT2D eigenvalue weighted by Crippen LogP contribution is 2.20. The maximum atomic E-state index is 12.6. The van der Waals surface area contributed by atoms with Crippen LogP contribution in [-0.2, 0) is 14.3 Å². The first kappa shape index (κ1) is 82.3. The largest absolute Gasteiger partial charge is 0.466 e. The van der Waals surface area contributed by atoms with Crippen molar-refractivity contribution >= 4 is 11.9 Å². The zero-order valence-corrected chi connectivity index (χ0v) is 57.2. The third kappa shape index (κ3) is 69.4. The number of hydrogen-bond donors (Lipinski definition) is 3. The first-order chi connectivity index (χ1) is 41.5. The van der Waals surface area contributed by atoms with Crippen LogP contribution in [0.15, 0.2) is 24.3 Å². The number of hydrogen-bond acceptors (Lipinski definition) is 5. The van der Waals surface area contributed by atoms with Gasteiger partial charge in [0.25, 0.3) is 0 Å². The maximum Gasteiger partial charge on any atom is 0.305 e. The molecule has 0 aromatic heterocycles. The summed E-state index contributed by atoms with van der Waals surface area (Å²) in [6, 6.07) is -0.542. The molecular formula is C78H151NO5. The van der Waals surface area contributed by atoms with Crippen LogP contribution in [0.4, 0.5) is 0 Å². The van der Waals surface area contributed by atoms with Gasteiger partial charge in [-0.1, -0.05) is 372 Å². The summed E-state index contributed by atoms with van der Waals surface area (Å²) in [4.78, 5) is 24.6. The summed E-state index contributed by atoms with van der Waals surface area (Å²) < 4.78 is 5.48. The van der Waals surface area contributed by atoms with Crippen LogP contribution >= 0.6 is 0 Å². The molecule has 0 heterocycles. The number of ether oxygens (including phenoxy) is 1. The van der Waals surface area contributed by atoms with E-state index >= 15 is 0 Å². The molecule has 0 aliphatic heterocycles. The monoisotopic (exact) mass is 1180 g/mol. The maximum absolute atomic E-state index is 12.6. The predicted molar refractivity (Wildman–Crippen MR) is 370 cm³/mol. The van der Waals surface area contributed by atoms with Crippen molar-refractivity contribution in [3.8, 4) is 0 Å². The van der Waals surface area contributed by atoms with Gasteiger partial charge in [-0.05, 0) is 77.0 Å². The average molecular weight is 1180 g/mol. The Labute approximate surface area is 526 Å².